The quantitative estimate of drug-likeness (QED) is 0.733. The second kappa shape index (κ2) is 4.59. The zero-order chi connectivity index (χ0) is 10.7. The van der Waals surface area contributed by atoms with Crippen LogP contribution in [0.4, 0.5) is 5.69 Å². The third-order valence-corrected chi connectivity index (χ3v) is 2.47. The number of ether oxygens (including phenoxy) is 1. The predicted molar refractivity (Wildman–Crippen MR) is 58.0 cm³/mol. The Bertz CT molecular complexity index is 330. The molecule has 0 spiro atoms. The fourth-order valence-corrected chi connectivity index (χ4v) is 1.74. The molecule has 1 saturated heterocycles. The van der Waals surface area contributed by atoms with E-state index in [2.05, 4.69) is 16.0 Å². The number of pyridine rings is 1. The summed E-state index contributed by atoms with van der Waals surface area (Å²) in [5.74, 6) is 0. The van der Waals surface area contributed by atoms with Gasteiger partial charge in [0.05, 0.1) is 31.2 Å². The molecule has 0 saturated carbocycles. The van der Waals surface area contributed by atoms with E-state index in [4.69, 9.17) is 4.74 Å². The van der Waals surface area contributed by atoms with Crippen LogP contribution in [0.2, 0.25) is 0 Å². The fourth-order valence-electron chi connectivity index (χ4n) is 1.74. The van der Waals surface area contributed by atoms with Crippen LogP contribution in [0.3, 0.4) is 0 Å². The monoisotopic (exact) mass is 208 g/mol. The molecule has 0 aliphatic carbocycles. The van der Waals surface area contributed by atoms with Gasteiger partial charge >= 0.3 is 0 Å². The van der Waals surface area contributed by atoms with Crippen LogP contribution in [-0.4, -0.2) is 42.5 Å². The van der Waals surface area contributed by atoms with E-state index in [9.17, 15) is 5.11 Å². The normalized spacial score (nSPS) is 22.5. The lowest BCUT2D eigenvalue weighted by atomic mass is 10.2. The molecule has 1 N–H and O–H groups in total. The molecule has 1 fully saturated rings. The maximum absolute atomic E-state index is 9.60. The second-order valence-corrected chi connectivity index (χ2v) is 3.90. The smallest absolute Gasteiger partial charge is 0.0948 e. The highest BCUT2D eigenvalue weighted by atomic mass is 16.5. The van der Waals surface area contributed by atoms with Crippen LogP contribution in [0.15, 0.2) is 18.5 Å². The number of aliphatic hydroxyl groups is 1. The van der Waals surface area contributed by atoms with Crippen LogP contribution < -0.4 is 4.90 Å². The number of anilines is 1. The van der Waals surface area contributed by atoms with E-state index in [0.717, 1.165) is 17.8 Å². The van der Waals surface area contributed by atoms with Crippen molar-refractivity contribution in [2.45, 2.75) is 13.0 Å². The molecular formula is C11H16N2O2. The van der Waals surface area contributed by atoms with Gasteiger partial charge in [-0.25, -0.2) is 0 Å². The number of hydrogen-bond donors (Lipinski definition) is 1. The first kappa shape index (κ1) is 10.4. The summed E-state index contributed by atoms with van der Waals surface area (Å²) in [6, 6.07) is 2.07. The summed E-state index contributed by atoms with van der Waals surface area (Å²) < 4.78 is 5.28. The van der Waals surface area contributed by atoms with E-state index in [1.165, 1.54) is 0 Å². The van der Waals surface area contributed by atoms with Crippen molar-refractivity contribution < 1.29 is 9.84 Å². The Balaban J connectivity index is 2.14. The molecule has 1 aromatic rings. The van der Waals surface area contributed by atoms with Gasteiger partial charge in [-0.05, 0) is 18.6 Å². The lowest BCUT2D eigenvalue weighted by molar-refractivity contribution is 0.0597. The Hall–Kier alpha value is -1.13. The van der Waals surface area contributed by atoms with Gasteiger partial charge in [-0.15, -0.1) is 0 Å². The molecule has 0 aromatic carbocycles. The van der Waals surface area contributed by atoms with Crippen LogP contribution in [-0.2, 0) is 4.74 Å². The molecule has 1 aromatic heterocycles. The molecule has 2 heterocycles. The number of hydrogen-bond acceptors (Lipinski definition) is 4. The van der Waals surface area contributed by atoms with Gasteiger partial charge < -0.3 is 14.7 Å². The van der Waals surface area contributed by atoms with Gasteiger partial charge in [0, 0.05) is 19.3 Å². The van der Waals surface area contributed by atoms with Gasteiger partial charge in [0.25, 0.3) is 0 Å². The number of rotatable bonds is 1. The van der Waals surface area contributed by atoms with Crippen LogP contribution in [0.1, 0.15) is 5.56 Å². The summed E-state index contributed by atoms with van der Waals surface area (Å²) >= 11 is 0. The lowest BCUT2D eigenvalue weighted by Gasteiger charge is -2.23. The van der Waals surface area contributed by atoms with Crippen molar-refractivity contribution in [2.24, 2.45) is 0 Å². The summed E-state index contributed by atoms with van der Waals surface area (Å²) in [4.78, 5) is 6.26. The topological polar surface area (TPSA) is 45.6 Å². The number of aromatic nitrogens is 1. The second-order valence-electron chi connectivity index (χ2n) is 3.90. The Morgan fingerprint density at radius 3 is 3.20 bits per heavy atom. The number of β-amino-alcohol motifs (C(OH)–C–C–N with tert-alkyl or cyclic N) is 1. The number of aryl methyl sites for hydroxylation is 1. The highest BCUT2D eigenvalue weighted by Crippen LogP contribution is 2.15. The Labute approximate surface area is 89.5 Å². The molecule has 1 unspecified atom stereocenters. The van der Waals surface area contributed by atoms with Crippen LogP contribution in [0.25, 0.3) is 0 Å². The molecule has 4 nitrogen and oxygen atoms in total. The zero-order valence-electron chi connectivity index (χ0n) is 8.89. The first-order chi connectivity index (χ1) is 7.25. The average Bonchev–Trinajstić information content (AvgIpc) is 2.43. The van der Waals surface area contributed by atoms with E-state index < -0.39 is 6.10 Å². The average molecular weight is 208 g/mol. The van der Waals surface area contributed by atoms with Gasteiger partial charge in [0.1, 0.15) is 0 Å². The first-order valence-electron chi connectivity index (χ1n) is 5.18. The van der Waals surface area contributed by atoms with Crippen molar-refractivity contribution in [3.05, 3.63) is 24.0 Å². The molecule has 1 atom stereocenters. The standard InChI is InChI=1S/C11H16N2O2/c1-9-4-10(6-12-5-9)13-2-3-15-8-11(14)7-13/h4-6,11,14H,2-3,7-8H2,1H3. The van der Waals surface area contributed by atoms with Crippen LogP contribution >= 0.6 is 0 Å². The summed E-state index contributed by atoms with van der Waals surface area (Å²) in [7, 11) is 0. The van der Waals surface area contributed by atoms with Crippen molar-refractivity contribution in [3.8, 4) is 0 Å². The van der Waals surface area contributed by atoms with E-state index in [1.54, 1.807) is 0 Å². The molecule has 82 valence electrons. The third kappa shape index (κ3) is 2.67. The summed E-state index contributed by atoms with van der Waals surface area (Å²) in [6.45, 7) is 4.52. The van der Waals surface area contributed by atoms with Gasteiger partial charge in [0.15, 0.2) is 0 Å². The largest absolute Gasteiger partial charge is 0.389 e. The lowest BCUT2D eigenvalue weighted by Crippen LogP contribution is -2.32. The molecule has 2 rings (SSSR count). The van der Waals surface area contributed by atoms with Gasteiger partial charge in [-0.3, -0.25) is 4.98 Å². The maximum Gasteiger partial charge on any atom is 0.0948 e. The van der Waals surface area contributed by atoms with Crippen molar-refractivity contribution in [3.63, 3.8) is 0 Å². The van der Waals surface area contributed by atoms with Crippen molar-refractivity contribution >= 4 is 5.69 Å². The fraction of sp³-hybridized carbons (Fsp3) is 0.545. The molecule has 15 heavy (non-hydrogen) atoms. The molecule has 1 aliphatic heterocycles. The minimum absolute atomic E-state index is 0.409. The molecule has 4 heteroatoms. The van der Waals surface area contributed by atoms with Gasteiger partial charge in [-0.1, -0.05) is 0 Å². The third-order valence-electron chi connectivity index (χ3n) is 2.47. The maximum atomic E-state index is 9.60. The summed E-state index contributed by atoms with van der Waals surface area (Å²) in [6.07, 6.45) is 3.24. The minimum Gasteiger partial charge on any atom is -0.389 e. The summed E-state index contributed by atoms with van der Waals surface area (Å²) in [5, 5.41) is 9.60. The SMILES string of the molecule is Cc1cncc(N2CCOCC(O)C2)c1. The molecule has 1 aliphatic rings. The molecular weight excluding hydrogens is 192 g/mol. The van der Waals surface area contributed by atoms with Gasteiger partial charge in [0.2, 0.25) is 0 Å². The highest BCUT2D eigenvalue weighted by molar-refractivity contribution is 5.46. The number of aliphatic hydroxyl groups excluding tert-OH is 1. The Morgan fingerprint density at radius 1 is 1.53 bits per heavy atom. The van der Waals surface area contributed by atoms with Crippen molar-refractivity contribution in [1.29, 1.82) is 0 Å². The highest BCUT2D eigenvalue weighted by Gasteiger charge is 2.16. The Morgan fingerprint density at radius 2 is 2.40 bits per heavy atom. The minimum atomic E-state index is -0.409. The van der Waals surface area contributed by atoms with Crippen molar-refractivity contribution in [1.82, 2.24) is 4.98 Å². The number of nitrogens with zero attached hydrogens (tertiary/aromatic N) is 2. The summed E-state index contributed by atoms with van der Waals surface area (Å²) in [5.41, 5.74) is 2.19. The molecule has 0 bridgehead atoms. The van der Waals surface area contributed by atoms with Crippen LogP contribution in [0, 0.1) is 6.92 Å². The van der Waals surface area contributed by atoms with E-state index in [0.29, 0.717) is 19.8 Å². The molecule has 0 radical (unpaired) electrons. The van der Waals surface area contributed by atoms with E-state index in [1.807, 2.05) is 19.3 Å². The van der Waals surface area contributed by atoms with E-state index >= 15 is 0 Å². The van der Waals surface area contributed by atoms with Gasteiger partial charge in [-0.2, -0.15) is 0 Å². The zero-order valence-corrected chi connectivity index (χ0v) is 8.89. The predicted octanol–water partition coefficient (Wildman–Crippen LogP) is 0.588. The van der Waals surface area contributed by atoms with Crippen LogP contribution in [0.5, 0.6) is 0 Å². The molecule has 0 amide bonds. The Kier molecular flexibility index (Phi) is 3.18. The van der Waals surface area contributed by atoms with Crippen molar-refractivity contribution in [2.75, 3.05) is 31.2 Å². The van der Waals surface area contributed by atoms with E-state index in [-0.39, 0.29) is 0 Å². The first-order valence-corrected chi connectivity index (χ1v) is 5.18.